The van der Waals surface area contributed by atoms with Gasteiger partial charge in [0.05, 0.1) is 5.60 Å². The third kappa shape index (κ3) is 10.7. The van der Waals surface area contributed by atoms with Crippen LogP contribution in [0.5, 0.6) is 0 Å². The molecule has 3 amide bonds. The van der Waals surface area contributed by atoms with Crippen molar-refractivity contribution in [1.82, 2.24) is 16.0 Å². The zero-order chi connectivity index (χ0) is 22.8. The Bertz CT molecular complexity index is 623. The van der Waals surface area contributed by atoms with Gasteiger partial charge in [0.15, 0.2) is 0 Å². The van der Waals surface area contributed by atoms with Crippen molar-refractivity contribution in [2.45, 2.75) is 56.8 Å². The first-order chi connectivity index (χ1) is 13.3. The van der Waals surface area contributed by atoms with Crippen LogP contribution < -0.4 is 21.7 Å². The number of carboxylic acids is 2. The molecule has 0 bridgehead atoms. The van der Waals surface area contributed by atoms with E-state index in [0.29, 0.717) is 0 Å². The largest absolute Gasteiger partial charge is 0.480 e. The second kappa shape index (κ2) is 12.2. The molecule has 0 saturated heterocycles. The molecule has 0 radical (unpaired) electrons. The molecule has 0 spiro atoms. The number of hydrogen-bond acceptors (Lipinski definition) is 8. The minimum Gasteiger partial charge on any atom is -0.480 e. The first-order valence-electron chi connectivity index (χ1n) is 8.70. The molecular weight excluding hydrogens is 408 g/mol. The van der Waals surface area contributed by atoms with Crippen LogP contribution in [0.1, 0.15) is 33.1 Å². The lowest BCUT2D eigenvalue weighted by Crippen LogP contribution is -2.61. The summed E-state index contributed by atoms with van der Waals surface area (Å²) in [4.78, 5) is 57.7. The summed E-state index contributed by atoms with van der Waals surface area (Å²) >= 11 is 3.98. The number of amides is 3. The summed E-state index contributed by atoms with van der Waals surface area (Å²) in [6.07, 6.45) is 0.182. The summed E-state index contributed by atoms with van der Waals surface area (Å²) < 4.78 is 0. The molecule has 0 fully saturated rings. The van der Waals surface area contributed by atoms with E-state index in [9.17, 15) is 29.1 Å². The molecule has 0 heterocycles. The fraction of sp³-hybridized carbons (Fsp3) is 0.688. The summed E-state index contributed by atoms with van der Waals surface area (Å²) in [5, 5.41) is 34.2. The summed E-state index contributed by atoms with van der Waals surface area (Å²) in [7, 11) is 0. The van der Waals surface area contributed by atoms with Gasteiger partial charge in [-0.25, -0.2) is 0 Å². The van der Waals surface area contributed by atoms with Crippen molar-refractivity contribution in [3.63, 3.8) is 0 Å². The Kier molecular flexibility index (Phi) is 11.2. The van der Waals surface area contributed by atoms with Crippen molar-refractivity contribution < 1.29 is 39.3 Å². The van der Waals surface area contributed by atoms with Gasteiger partial charge >= 0.3 is 11.9 Å². The van der Waals surface area contributed by atoms with E-state index in [2.05, 4.69) is 28.6 Å². The molecule has 0 rings (SSSR count). The Labute approximate surface area is 173 Å². The number of nitrogens with two attached hydrogens (primary N) is 1. The number of hydrogen-bond donors (Lipinski definition) is 8. The molecule has 0 aliphatic carbocycles. The lowest BCUT2D eigenvalue weighted by atomic mass is 9.97. The third-order valence-electron chi connectivity index (χ3n) is 3.74. The molecule has 0 saturated carbocycles. The summed E-state index contributed by atoms with van der Waals surface area (Å²) in [6, 6.07) is -3.72. The standard InChI is InChI=1S/C16H28N4O8S/c1-16(2,28)12(14(25)18-6-11(22)23)20-13(24)9(7-29)19-10(21)5-3-4-8(17)15(26)27/h8-9,12,28-29H,3-7,17H2,1-2H3,(H,18,25)(H,19,21)(H,20,24)(H,22,23)(H,26,27)/t8-,9+,12-/m0/s1. The molecule has 3 atom stereocenters. The Morgan fingerprint density at radius 3 is 2.10 bits per heavy atom. The summed E-state index contributed by atoms with van der Waals surface area (Å²) in [6.45, 7) is 1.79. The van der Waals surface area contributed by atoms with E-state index in [4.69, 9.17) is 15.9 Å². The Morgan fingerprint density at radius 2 is 1.66 bits per heavy atom. The van der Waals surface area contributed by atoms with Gasteiger partial charge in [-0.1, -0.05) is 0 Å². The molecule has 0 aliphatic rings. The van der Waals surface area contributed by atoms with Crippen LogP contribution >= 0.6 is 12.6 Å². The summed E-state index contributed by atoms with van der Waals surface area (Å²) in [5.74, 6) is -4.89. The monoisotopic (exact) mass is 436 g/mol. The molecule has 0 aromatic heterocycles. The predicted molar refractivity (Wildman–Crippen MR) is 104 cm³/mol. The van der Waals surface area contributed by atoms with Gasteiger partial charge in [-0.15, -0.1) is 0 Å². The number of rotatable bonds is 13. The lowest BCUT2D eigenvalue weighted by molar-refractivity contribution is -0.140. The molecule has 0 aromatic carbocycles. The Balaban J connectivity index is 4.86. The Morgan fingerprint density at radius 1 is 1.07 bits per heavy atom. The lowest BCUT2D eigenvalue weighted by Gasteiger charge is -2.30. The fourth-order valence-corrected chi connectivity index (χ4v) is 2.39. The number of aliphatic carboxylic acids is 2. The van der Waals surface area contributed by atoms with Crippen LogP contribution in [0.25, 0.3) is 0 Å². The normalized spacial score (nSPS) is 14.2. The molecule has 13 heteroatoms. The maximum atomic E-state index is 12.4. The van der Waals surface area contributed by atoms with Gasteiger partial charge < -0.3 is 37.0 Å². The van der Waals surface area contributed by atoms with Gasteiger partial charge in [0.25, 0.3) is 0 Å². The molecule has 0 aromatic rings. The highest BCUT2D eigenvalue weighted by atomic mass is 32.1. The fourth-order valence-electron chi connectivity index (χ4n) is 2.14. The zero-order valence-electron chi connectivity index (χ0n) is 16.2. The van der Waals surface area contributed by atoms with E-state index in [1.165, 1.54) is 13.8 Å². The van der Waals surface area contributed by atoms with E-state index in [-0.39, 0.29) is 25.0 Å². The maximum absolute atomic E-state index is 12.4. The zero-order valence-corrected chi connectivity index (χ0v) is 17.1. The first-order valence-corrected chi connectivity index (χ1v) is 9.33. The van der Waals surface area contributed by atoms with Crippen LogP contribution in [0.4, 0.5) is 0 Å². The highest BCUT2D eigenvalue weighted by Crippen LogP contribution is 2.09. The number of carbonyl (C=O) groups is 5. The second-order valence-electron chi connectivity index (χ2n) is 6.85. The van der Waals surface area contributed by atoms with Crippen molar-refractivity contribution in [2.75, 3.05) is 12.3 Å². The van der Waals surface area contributed by atoms with Crippen molar-refractivity contribution in [2.24, 2.45) is 5.73 Å². The number of aliphatic hydroxyl groups is 1. The number of thiol groups is 1. The minimum atomic E-state index is -1.73. The van der Waals surface area contributed by atoms with Gasteiger partial charge in [0, 0.05) is 12.2 Å². The van der Waals surface area contributed by atoms with E-state index in [1.54, 1.807) is 0 Å². The van der Waals surface area contributed by atoms with Gasteiger partial charge in [-0.05, 0) is 26.7 Å². The van der Waals surface area contributed by atoms with Gasteiger partial charge in [0.2, 0.25) is 17.7 Å². The average molecular weight is 436 g/mol. The quantitative estimate of drug-likeness (QED) is 0.143. The molecular formula is C16H28N4O8S. The van der Waals surface area contributed by atoms with Crippen LogP contribution in [0.3, 0.4) is 0 Å². The van der Waals surface area contributed by atoms with Crippen LogP contribution in [-0.4, -0.2) is 81.0 Å². The van der Waals surface area contributed by atoms with Gasteiger partial charge in [0.1, 0.15) is 24.7 Å². The minimum absolute atomic E-state index is 0.0744. The molecule has 12 nitrogen and oxygen atoms in total. The topological polar surface area (TPSA) is 208 Å². The van der Waals surface area contributed by atoms with Crippen LogP contribution in [-0.2, 0) is 24.0 Å². The van der Waals surface area contributed by atoms with Crippen molar-refractivity contribution >= 4 is 42.3 Å². The van der Waals surface area contributed by atoms with E-state index < -0.39 is 59.9 Å². The predicted octanol–water partition coefficient (Wildman–Crippen LogP) is -2.56. The molecule has 0 aliphatic heterocycles. The number of nitrogens with one attached hydrogen (secondary N) is 3. The maximum Gasteiger partial charge on any atom is 0.322 e. The molecule has 8 N–H and O–H groups in total. The van der Waals surface area contributed by atoms with Crippen LogP contribution in [0, 0.1) is 0 Å². The van der Waals surface area contributed by atoms with E-state index >= 15 is 0 Å². The highest BCUT2D eigenvalue weighted by molar-refractivity contribution is 7.80. The van der Waals surface area contributed by atoms with Gasteiger partial charge in [-0.2, -0.15) is 12.6 Å². The van der Waals surface area contributed by atoms with E-state index in [0.717, 1.165) is 0 Å². The SMILES string of the molecule is CC(C)(O)[C@@H](NC(=O)[C@@H](CS)NC(=O)CCC[C@H](N)C(=O)O)C(=O)NCC(=O)O. The van der Waals surface area contributed by atoms with Crippen molar-refractivity contribution in [3.8, 4) is 0 Å². The third-order valence-corrected chi connectivity index (χ3v) is 4.10. The van der Waals surface area contributed by atoms with Crippen LogP contribution in [0.15, 0.2) is 0 Å². The number of carboxylic acid groups (broad SMARTS) is 2. The number of carbonyl (C=O) groups excluding carboxylic acids is 3. The molecule has 0 unspecified atom stereocenters. The van der Waals surface area contributed by atoms with Crippen molar-refractivity contribution in [3.05, 3.63) is 0 Å². The molecule has 29 heavy (non-hydrogen) atoms. The summed E-state index contributed by atoms with van der Waals surface area (Å²) in [5.41, 5.74) is 3.61. The Hall–Kier alpha value is -2.38. The van der Waals surface area contributed by atoms with Crippen molar-refractivity contribution in [1.29, 1.82) is 0 Å². The molecule has 166 valence electrons. The second-order valence-corrected chi connectivity index (χ2v) is 7.21. The van der Waals surface area contributed by atoms with Crippen LogP contribution in [0.2, 0.25) is 0 Å². The average Bonchev–Trinajstić information content (AvgIpc) is 2.60. The highest BCUT2D eigenvalue weighted by Gasteiger charge is 2.36. The van der Waals surface area contributed by atoms with Gasteiger partial charge in [-0.3, -0.25) is 24.0 Å². The van der Waals surface area contributed by atoms with E-state index in [1.807, 2.05) is 0 Å². The smallest absolute Gasteiger partial charge is 0.322 e. The first kappa shape index (κ1) is 26.6.